The van der Waals surface area contributed by atoms with Gasteiger partial charge in [-0.3, -0.25) is 4.79 Å². The average Bonchev–Trinajstić information content (AvgIpc) is 2.81. The Balaban J connectivity index is 2.09. The molecule has 19 heavy (non-hydrogen) atoms. The number of hydrogen-bond donors (Lipinski definition) is 3. The predicted molar refractivity (Wildman–Crippen MR) is 77.8 cm³/mol. The van der Waals surface area contributed by atoms with E-state index in [0.29, 0.717) is 22.4 Å². The molecule has 0 saturated heterocycles. The summed E-state index contributed by atoms with van der Waals surface area (Å²) in [5.41, 5.74) is 2.78. The maximum Gasteiger partial charge on any atom is 0.255 e. The fourth-order valence-electron chi connectivity index (χ4n) is 1.46. The first-order chi connectivity index (χ1) is 9.10. The molecule has 0 bridgehead atoms. The molecule has 4 N–H and O–H groups in total. The Kier molecular flexibility index (Phi) is 4.46. The Morgan fingerprint density at radius 2 is 2.26 bits per heavy atom. The zero-order chi connectivity index (χ0) is 13.8. The SMILES string of the molecule is Cc1cnc(CNC(=O)c2cc(Br)cnc2NN)s1. The van der Waals surface area contributed by atoms with Crippen molar-refractivity contribution in [1.29, 1.82) is 0 Å². The second kappa shape index (κ2) is 6.09. The Hall–Kier alpha value is -1.51. The first-order valence-electron chi connectivity index (χ1n) is 5.42. The lowest BCUT2D eigenvalue weighted by Gasteiger charge is -2.08. The maximum absolute atomic E-state index is 12.1. The minimum absolute atomic E-state index is 0.255. The number of nitrogens with two attached hydrogens (primary N) is 1. The van der Waals surface area contributed by atoms with Crippen LogP contribution >= 0.6 is 27.3 Å². The number of nitrogen functional groups attached to an aromatic ring is 1. The molecule has 0 fully saturated rings. The Labute approximate surface area is 122 Å². The molecule has 0 radical (unpaired) electrons. The Bertz CT molecular complexity index is 601. The van der Waals surface area contributed by atoms with Crippen LogP contribution in [0.3, 0.4) is 0 Å². The first-order valence-corrected chi connectivity index (χ1v) is 7.02. The summed E-state index contributed by atoms with van der Waals surface area (Å²) in [5, 5.41) is 3.64. The van der Waals surface area contributed by atoms with Crippen molar-refractivity contribution in [2.75, 3.05) is 5.43 Å². The number of anilines is 1. The standard InChI is InChI=1S/C11H12BrN5OS/c1-6-3-14-9(19-6)5-16-11(18)8-2-7(12)4-15-10(8)17-13/h2-4H,5,13H2,1H3,(H,15,17)(H,16,18). The highest BCUT2D eigenvalue weighted by Crippen LogP contribution is 2.17. The molecule has 0 aliphatic heterocycles. The van der Waals surface area contributed by atoms with Gasteiger partial charge in [-0.1, -0.05) is 0 Å². The number of aromatic nitrogens is 2. The lowest BCUT2D eigenvalue weighted by molar-refractivity contribution is 0.0951. The number of hydrazine groups is 1. The van der Waals surface area contributed by atoms with Crippen molar-refractivity contribution in [3.63, 3.8) is 0 Å². The van der Waals surface area contributed by atoms with E-state index in [1.165, 1.54) is 0 Å². The van der Waals surface area contributed by atoms with Crippen molar-refractivity contribution in [3.8, 4) is 0 Å². The van der Waals surface area contributed by atoms with Crippen molar-refractivity contribution < 1.29 is 4.79 Å². The van der Waals surface area contributed by atoms with Crippen LogP contribution in [-0.4, -0.2) is 15.9 Å². The highest BCUT2D eigenvalue weighted by molar-refractivity contribution is 9.10. The number of amides is 1. The zero-order valence-electron chi connectivity index (χ0n) is 10.1. The predicted octanol–water partition coefficient (Wildman–Crippen LogP) is 1.82. The quantitative estimate of drug-likeness (QED) is 0.582. The summed E-state index contributed by atoms with van der Waals surface area (Å²) in [6, 6.07) is 1.66. The second-order valence-corrected chi connectivity index (χ2v) is 5.98. The molecule has 0 aliphatic carbocycles. The van der Waals surface area contributed by atoms with E-state index in [0.717, 1.165) is 9.88 Å². The summed E-state index contributed by atoms with van der Waals surface area (Å²) in [7, 11) is 0. The molecule has 2 heterocycles. The molecule has 0 atom stereocenters. The zero-order valence-corrected chi connectivity index (χ0v) is 12.5. The molecule has 1 amide bonds. The first kappa shape index (κ1) is 13.9. The normalized spacial score (nSPS) is 10.3. The van der Waals surface area contributed by atoms with Gasteiger partial charge >= 0.3 is 0 Å². The van der Waals surface area contributed by atoms with Gasteiger partial charge in [0.1, 0.15) is 5.01 Å². The van der Waals surface area contributed by atoms with Crippen molar-refractivity contribution in [2.24, 2.45) is 5.84 Å². The Morgan fingerprint density at radius 3 is 2.89 bits per heavy atom. The average molecular weight is 342 g/mol. The topological polar surface area (TPSA) is 92.9 Å². The van der Waals surface area contributed by atoms with Crippen LogP contribution in [0, 0.1) is 6.92 Å². The molecule has 0 aliphatic rings. The van der Waals surface area contributed by atoms with Gasteiger partial charge in [0.05, 0.1) is 12.1 Å². The van der Waals surface area contributed by atoms with Gasteiger partial charge in [0.2, 0.25) is 0 Å². The van der Waals surface area contributed by atoms with E-state index in [9.17, 15) is 4.79 Å². The van der Waals surface area contributed by atoms with Crippen LogP contribution in [0.4, 0.5) is 5.82 Å². The van der Waals surface area contributed by atoms with Gasteiger partial charge in [0.25, 0.3) is 5.91 Å². The van der Waals surface area contributed by atoms with Crippen molar-refractivity contribution in [1.82, 2.24) is 15.3 Å². The third-order valence-electron chi connectivity index (χ3n) is 2.30. The van der Waals surface area contributed by atoms with E-state index < -0.39 is 0 Å². The van der Waals surface area contributed by atoms with Gasteiger partial charge in [0.15, 0.2) is 5.82 Å². The van der Waals surface area contributed by atoms with Crippen LogP contribution in [0.25, 0.3) is 0 Å². The van der Waals surface area contributed by atoms with Crippen LogP contribution < -0.4 is 16.6 Å². The molecule has 0 aromatic carbocycles. The van der Waals surface area contributed by atoms with Crippen molar-refractivity contribution >= 4 is 39.0 Å². The lowest BCUT2D eigenvalue weighted by atomic mass is 10.2. The third kappa shape index (κ3) is 3.49. The number of carbonyl (C=O) groups is 1. The molecule has 6 nitrogen and oxygen atoms in total. The summed E-state index contributed by atoms with van der Waals surface area (Å²) in [6.45, 7) is 2.35. The molecule has 2 aromatic rings. The van der Waals surface area contributed by atoms with Crippen LogP contribution in [0.15, 0.2) is 22.9 Å². The van der Waals surface area contributed by atoms with Gasteiger partial charge in [0, 0.05) is 21.7 Å². The van der Waals surface area contributed by atoms with E-state index in [4.69, 9.17) is 5.84 Å². The van der Waals surface area contributed by atoms with Gasteiger partial charge < -0.3 is 10.7 Å². The molecule has 2 aromatic heterocycles. The monoisotopic (exact) mass is 341 g/mol. The van der Waals surface area contributed by atoms with Crippen LogP contribution in [0.5, 0.6) is 0 Å². The number of hydrogen-bond acceptors (Lipinski definition) is 6. The molecule has 0 unspecified atom stereocenters. The van der Waals surface area contributed by atoms with Crippen LogP contribution in [-0.2, 0) is 6.54 Å². The number of nitrogens with zero attached hydrogens (tertiary/aromatic N) is 2. The van der Waals surface area contributed by atoms with E-state index >= 15 is 0 Å². The number of nitrogens with one attached hydrogen (secondary N) is 2. The number of carbonyl (C=O) groups excluding carboxylic acids is 1. The molecule has 0 spiro atoms. The van der Waals surface area contributed by atoms with Crippen molar-refractivity contribution in [2.45, 2.75) is 13.5 Å². The number of halogens is 1. The van der Waals surface area contributed by atoms with Crippen molar-refractivity contribution in [3.05, 3.63) is 38.4 Å². The fourth-order valence-corrected chi connectivity index (χ4v) is 2.52. The third-order valence-corrected chi connectivity index (χ3v) is 3.65. The lowest BCUT2D eigenvalue weighted by Crippen LogP contribution is -2.25. The molecule has 8 heteroatoms. The highest BCUT2D eigenvalue weighted by atomic mass is 79.9. The summed E-state index contributed by atoms with van der Waals surface area (Å²) in [6.07, 6.45) is 3.34. The number of rotatable bonds is 4. The maximum atomic E-state index is 12.1. The van der Waals surface area contributed by atoms with E-state index in [2.05, 4.69) is 36.6 Å². The largest absolute Gasteiger partial charge is 0.345 e. The summed E-state index contributed by atoms with van der Waals surface area (Å²) in [5.74, 6) is 5.41. The molecule has 100 valence electrons. The minimum Gasteiger partial charge on any atom is -0.345 e. The highest BCUT2D eigenvalue weighted by Gasteiger charge is 2.13. The number of pyridine rings is 1. The molecule has 2 rings (SSSR count). The van der Waals surface area contributed by atoms with E-state index in [-0.39, 0.29) is 5.91 Å². The Morgan fingerprint density at radius 1 is 1.47 bits per heavy atom. The number of aryl methyl sites for hydroxylation is 1. The van der Waals surface area contributed by atoms with Crippen LogP contribution in [0.1, 0.15) is 20.2 Å². The fraction of sp³-hybridized carbons (Fsp3) is 0.182. The van der Waals surface area contributed by atoms with Crippen LogP contribution in [0.2, 0.25) is 0 Å². The number of thiazole rings is 1. The molecule has 0 saturated carbocycles. The van der Waals surface area contributed by atoms with Gasteiger partial charge in [-0.25, -0.2) is 15.8 Å². The molecular formula is C11H12BrN5OS. The van der Waals surface area contributed by atoms with Gasteiger partial charge in [-0.15, -0.1) is 11.3 Å². The van der Waals surface area contributed by atoms with E-state index in [1.807, 2.05) is 6.92 Å². The van der Waals surface area contributed by atoms with Gasteiger partial charge in [-0.05, 0) is 28.9 Å². The second-order valence-electron chi connectivity index (χ2n) is 3.74. The summed E-state index contributed by atoms with van der Waals surface area (Å²) >= 11 is 4.82. The van der Waals surface area contributed by atoms with Gasteiger partial charge in [-0.2, -0.15) is 0 Å². The molecular weight excluding hydrogens is 330 g/mol. The smallest absolute Gasteiger partial charge is 0.255 e. The minimum atomic E-state index is -0.255. The summed E-state index contributed by atoms with van der Waals surface area (Å²) in [4.78, 5) is 21.4. The van der Waals surface area contributed by atoms with E-state index in [1.54, 1.807) is 29.8 Å². The summed E-state index contributed by atoms with van der Waals surface area (Å²) < 4.78 is 0.710.